The van der Waals surface area contributed by atoms with E-state index in [2.05, 4.69) is 27.1 Å². The molecule has 1 aliphatic heterocycles. The Morgan fingerprint density at radius 2 is 1.87 bits per heavy atom. The Balaban J connectivity index is 1.50. The van der Waals surface area contributed by atoms with Gasteiger partial charge in [-0.2, -0.15) is 4.98 Å². The smallest absolute Gasteiger partial charge is 0.224 e. The number of imidazole rings is 1. The van der Waals surface area contributed by atoms with E-state index in [1.165, 1.54) is 12.8 Å². The molecule has 2 fully saturated rings. The number of benzene rings is 1. The fraction of sp³-hybridized carbons (Fsp3) is 0.522. The van der Waals surface area contributed by atoms with Gasteiger partial charge in [-0.3, -0.25) is 4.57 Å². The minimum Gasteiger partial charge on any atom is -0.381 e. The van der Waals surface area contributed by atoms with Crippen LogP contribution < -0.4 is 10.6 Å². The normalized spacial score (nSPS) is 22.5. The van der Waals surface area contributed by atoms with Crippen LogP contribution in [0.2, 0.25) is 5.02 Å². The number of aromatic nitrogens is 4. The number of ether oxygens (including phenoxy) is 1. The molecule has 1 aromatic carbocycles. The lowest BCUT2D eigenvalue weighted by molar-refractivity contribution is 0.0903. The van der Waals surface area contributed by atoms with Crippen molar-refractivity contribution in [3.63, 3.8) is 0 Å². The predicted molar refractivity (Wildman–Crippen MR) is 124 cm³/mol. The second-order valence-corrected chi connectivity index (χ2v) is 9.22. The number of hydrogen-bond donors (Lipinski definition) is 2. The first kappa shape index (κ1) is 20.5. The molecule has 0 unspecified atom stereocenters. The molecule has 5 rings (SSSR count). The van der Waals surface area contributed by atoms with Crippen LogP contribution >= 0.6 is 11.6 Å². The van der Waals surface area contributed by atoms with Crippen molar-refractivity contribution in [1.29, 1.82) is 0 Å². The van der Waals surface area contributed by atoms with E-state index in [1.807, 2.05) is 30.5 Å². The molecule has 2 aliphatic rings. The summed E-state index contributed by atoms with van der Waals surface area (Å²) in [6.45, 7) is 3.91. The van der Waals surface area contributed by atoms with E-state index in [9.17, 15) is 0 Å². The summed E-state index contributed by atoms with van der Waals surface area (Å²) in [6, 6.07) is 8.45. The van der Waals surface area contributed by atoms with E-state index < -0.39 is 0 Å². The number of halogens is 1. The fourth-order valence-corrected chi connectivity index (χ4v) is 4.81. The van der Waals surface area contributed by atoms with Gasteiger partial charge in [0.1, 0.15) is 5.52 Å². The Kier molecular flexibility index (Phi) is 5.96. The summed E-state index contributed by atoms with van der Waals surface area (Å²) in [5, 5.41) is 7.67. The highest BCUT2D eigenvalue weighted by molar-refractivity contribution is 6.30. The van der Waals surface area contributed by atoms with Crippen LogP contribution in [0, 0.1) is 5.92 Å². The third-order valence-corrected chi connectivity index (χ3v) is 6.65. The predicted octanol–water partition coefficient (Wildman–Crippen LogP) is 5.57. The molecule has 2 N–H and O–H groups in total. The average Bonchev–Trinajstić information content (AvgIpc) is 3.12. The maximum atomic E-state index is 6.20. The molecule has 7 nitrogen and oxygen atoms in total. The highest BCUT2D eigenvalue weighted by Gasteiger charge is 2.26. The highest BCUT2D eigenvalue weighted by atomic mass is 35.5. The van der Waals surface area contributed by atoms with Crippen molar-refractivity contribution < 1.29 is 4.74 Å². The van der Waals surface area contributed by atoms with Crippen molar-refractivity contribution in [2.24, 2.45) is 5.92 Å². The number of hydrogen-bond acceptors (Lipinski definition) is 6. The molecule has 0 amide bonds. The Morgan fingerprint density at radius 1 is 1.06 bits per heavy atom. The molecule has 1 saturated heterocycles. The molecule has 0 spiro atoms. The van der Waals surface area contributed by atoms with Crippen LogP contribution in [-0.4, -0.2) is 38.8 Å². The zero-order valence-electron chi connectivity index (χ0n) is 17.9. The van der Waals surface area contributed by atoms with E-state index in [1.54, 1.807) is 0 Å². The van der Waals surface area contributed by atoms with Crippen molar-refractivity contribution in [2.45, 2.75) is 57.5 Å². The van der Waals surface area contributed by atoms with Crippen molar-refractivity contribution in [3.8, 4) is 0 Å². The summed E-state index contributed by atoms with van der Waals surface area (Å²) < 4.78 is 7.75. The zero-order valence-corrected chi connectivity index (χ0v) is 18.6. The summed E-state index contributed by atoms with van der Waals surface area (Å²) in [7, 11) is 0. The van der Waals surface area contributed by atoms with Crippen LogP contribution in [0.15, 0.2) is 30.5 Å². The van der Waals surface area contributed by atoms with Crippen molar-refractivity contribution in [3.05, 3.63) is 35.5 Å². The maximum absolute atomic E-state index is 6.20. The number of anilines is 3. The minimum absolute atomic E-state index is 0.349. The van der Waals surface area contributed by atoms with Crippen LogP contribution in [0.3, 0.4) is 0 Å². The summed E-state index contributed by atoms with van der Waals surface area (Å²) in [4.78, 5) is 14.3. The fourth-order valence-electron chi connectivity index (χ4n) is 4.61. The molecule has 2 aromatic heterocycles. The van der Waals surface area contributed by atoms with Gasteiger partial charge < -0.3 is 15.4 Å². The largest absolute Gasteiger partial charge is 0.381 e. The number of rotatable bonds is 5. The van der Waals surface area contributed by atoms with Gasteiger partial charge in [0.05, 0.1) is 6.20 Å². The lowest BCUT2D eigenvalue weighted by atomic mass is 9.87. The van der Waals surface area contributed by atoms with Crippen LogP contribution in [0.1, 0.15) is 51.5 Å². The van der Waals surface area contributed by atoms with Crippen LogP contribution in [-0.2, 0) is 4.74 Å². The Morgan fingerprint density at radius 3 is 2.65 bits per heavy atom. The minimum atomic E-state index is 0.349. The van der Waals surface area contributed by atoms with Crippen LogP contribution in [0.4, 0.5) is 17.6 Å². The van der Waals surface area contributed by atoms with Gasteiger partial charge in [-0.15, -0.1) is 0 Å². The lowest BCUT2D eigenvalue weighted by Gasteiger charge is -2.28. The monoisotopic (exact) mass is 440 g/mol. The van der Waals surface area contributed by atoms with Gasteiger partial charge in [0.25, 0.3) is 0 Å². The summed E-state index contributed by atoms with van der Waals surface area (Å²) in [5.41, 5.74) is 2.61. The summed E-state index contributed by atoms with van der Waals surface area (Å²) in [5.74, 6) is 2.24. The molecule has 164 valence electrons. The van der Waals surface area contributed by atoms with Gasteiger partial charge in [0, 0.05) is 36.0 Å². The quantitative estimate of drug-likeness (QED) is 0.540. The lowest BCUT2D eigenvalue weighted by Crippen LogP contribution is -2.28. The van der Waals surface area contributed by atoms with Gasteiger partial charge in [0.2, 0.25) is 11.9 Å². The second-order valence-electron chi connectivity index (χ2n) is 8.79. The molecule has 1 saturated carbocycles. The molecule has 8 heteroatoms. The molecule has 3 aromatic rings. The molecule has 3 heterocycles. The molecule has 0 bridgehead atoms. The Bertz CT molecular complexity index is 1040. The van der Waals surface area contributed by atoms with E-state index in [-0.39, 0.29) is 0 Å². The molecule has 0 atom stereocenters. The van der Waals surface area contributed by atoms with Gasteiger partial charge in [0.15, 0.2) is 5.65 Å². The number of nitrogens with one attached hydrogen (secondary N) is 2. The third kappa shape index (κ3) is 4.62. The first-order chi connectivity index (χ1) is 15.2. The third-order valence-electron chi connectivity index (χ3n) is 6.42. The van der Waals surface area contributed by atoms with Crippen LogP contribution in [0.25, 0.3) is 11.2 Å². The van der Waals surface area contributed by atoms with E-state index in [4.69, 9.17) is 26.3 Å². The first-order valence-corrected chi connectivity index (χ1v) is 11.7. The number of fused-ring (bicyclic) bond motifs is 1. The molecule has 1 aliphatic carbocycles. The average molecular weight is 441 g/mol. The molecule has 0 radical (unpaired) electrons. The molecular formula is C23H29ClN6O. The topological polar surface area (TPSA) is 76.9 Å². The van der Waals surface area contributed by atoms with Crippen molar-refractivity contribution in [1.82, 2.24) is 19.5 Å². The second kappa shape index (κ2) is 9.01. The van der Waals surface area contributed by atoms with Crippen molar-refractivity contribution >= 4 is 40.3 Å². The summed E-state index contributed by atoms with van der Waals surface area (Å²) in [6.07, 6.45) is 8.48. The summed E-state index contributed by atoms with van der Waals surface area (Å²) >= 11 is 6.20. The van der Waals surface area contributed by atoms with Gasteiger partial charge in [-0.05, 0) is 62.6 Å². The number of nitrogens with zero attached hydrogens (tertiary/aromatic N) is 4. The van der Waals surface area contributed by atoms with Crippen LogP contribution in [0.5, 0.6) is 0 Å². The Hall–Kier alpha value is -2.38. The Labute approximate surface area is 187 Å². The van der Waals surface area contributed by atoms with Gasteiger partial charge in [-0.1, -0.05) is 24.6 Å². The van der Waals surface area contributed by atoms with Gasteiger partial charge >= 0.3 is 0 Å². The molecule has 31 heavy (non-hydrogen) atoms. The van der Waals surface area contributed by atoms with Crippen molar-refractivity contribution in [2.75, 3.05) is 23.8 Å². The molecular weight excluding hydrogens is 412 g/mol. The standard InChI is InChI=1S/C23H29ClN6O/c1-15-5-7-19(8-6-15)30-21-20(28-23(30)27-18-4-2-3-16(24)13-18)14-25-22(29-21)26-17-9-11-31-12-10-17/h2-4,13-15,17,19H,5-12H2,1H3,(H,27,28)(H,25,26,29). The van der Waals surface area contributed by atoms with Gasteiger partial charge in [-0.25, -0.2) is 9.97 Å². The SMILES string of the molecule is CC1CCC(n2c(Nc3cccc(Cl)c3)nc3cnc(NC4CCOCC4)nc32)CC1. The van der Waals surface area contributed by atoms with E-state index >= 15 is 0 Å². The highest BCUT2D eigenvalue weighted by Crippen LogP contribution is 2.37. The first-order valence-electron chi connectivity index (χ1n) is 11.3. The van der Waals surface area contributed by atoms with E-state index in [0.717, 1.165) is 67.6 Å². The zero-order chi connectivity index (χ0) is 21.2. The van der Waals surface area contributed by atoms with E-state index in [0.29, 0.717) is 23.1 Å². The maximum Gasteiger partial charge on any atom is 0.224 e.